The number of piperazine rings is 1. The molecule has 5 rings (SSSR count). The third-order valence-electron chi connectivity index (χ3n) is 7.17. The lowest BCUT2D eigenvalue weighted by Crippen LogP contribution is -2.45. The fraction of sp³-hybridized carbons (Fsp3) is 0.345. The molecule has 3 aromatic carbocycles. The Morgan fingerprint density at radius 3 is 2.40 bits per heavy atom. The largest absolute Gasteiger partial charge is 0.496 e. The molecule has 0 unspecified atom stereocenters. The van der Waals surface area contributed by atoms with Crippen LogP contribution in [0.1, 0.15) is 46.8 Å². The number of fused-ring (bicyclic) bond motifs is 3. The van der Waals surface area contributed by atoms with Crippen molar-refractivity contribution in [1.82, 2.24) is 5.32 Å². The minimum atomic E-state index is -0.338. The van der Waals surface area contributed by atoms with Gasteiger partial charge in [-0.15, -0.1) is 12.4 Å². The Morgan fingerprint density at radius 1 is 1.03 bits per heavy atom. The van der Waals surface area contributed by atoms with Gasteiger partial charge in [0.05, 0.1) is 18.4 Å². The molecule has 3 N–H and O–H groups in total. The van der Waals surface area contributed by atoms with E-state index in [1.54, 1.807) is 7.11 Å². The third kappa shape index (κ3) is 4.39. The predicted molar refractivity (Wildman–Crippen MR) is 146 cm³/mol. The zero-order valence-corrected chi connectivity index (χ0v) is 21.3. The Morgan fingerprint density at radius 2 is 1.71 bits per heavy atom. The van der Waals surface area contributed by atoms with Crippen LogP contribution in [0.3, 0.4) is 0 Å². The van der Waals surface area contributed by atoms with Crippen molar-refractivity contribution in [3.8, 4) is 28.0 Å². The van der Waals surface area contributed by atoms with Crippen LogP contribution in [-0.4, -0.2) is 39.2 Å². The third-order valence-corrected chi connectivity index (χ3v) is 7.17. The van der Waals surface area contributed by atoms with Crippen molar-refractivity contribution in [3.63, 3.8) is 0 Å². The number of nitrogens with two attached hydrogens (primary N) is 1. The van der Waals surface area contributed by atoms with E-state index in [9.17, 15) is 4.79 Å². The van der Waals surface area contributed by atoms with E-state index in [2.05, 4.69) is 47.5 Å². The first-order valence-corrected chi connectivity index (χ1v) is 12.3. The second-order valence-electron chi connectivity index (χ2n) is 9.17. The lowest BCUT2D eigenvalue weighted by Gasteiger charge is -2.34. The summed E-state index contributed by atoms with van der Waals surface area (Å²) in [7, 11) is 1.71. The molecule has 184 valence electrons. The van der Waals surface area contributed by atoms with Gasteiger partial charge in [-0.1, -0.05) is 55.8 Å². The maximum absolute atomic E-state index is 13.2. The van der Waals surface area contributed by atoms with Crippen LogP contribution in [0.25, 0.3) is 22.3 Å². The molecule has 0 bridgehead atoms. The van der Waals surface area contributed by atoms with E-state index in [0.717, 1.165) is 80.0 Å². The van der Waals surface area contributed by atoms with Crippen LogP contribution in [0.5, 0.6) is 5.75 Å². The molecule has 0 spiro atoms. The predicted octanol–water partition coefficient (Wildman–Crippen LogP) is 5.21. The van der Waals surface area contributed by atoms with Gasteiger partial charge < -0.3 is 20.7 Å². The number of carbonyl (C=O) groups is 1. The summed E-state index contributed by atoms with van der Waals surface area (Å²) in [5.74, 6) is 0.478. The average molecular weight is 492 g/mol. The summed E-state index contributed by atoms with van der Waals surface area (Å²) in [5.41, 5.74) is 16.1. The normalized spacial score (nSPS) is 14.2. The van der Waals surface area contributed by atoms with Crippen LogP contribution in [-0.2, 0) is 12.8 Å². The van der Waals surface area contributed by atoms with E-state index in [4.69, 9.17) is 10.5 Å². The molecule has 0 saturated carbocycles. The van der Waals surface area contributed by atoms with E-state index in [0.29, 0.717) is 5.56 Å². The van der Waals surface area contributed by atoms with Gasteiger partial charge in [-0.3, -0.25) is 4.79 Å². The summed E-state index contributed by atoms with van der Waals surface area (Å²) in [6.07, 6.45) is 3.64. The molecule has 35 heavy (non-hydrogen) atoms. The number of methoxy groups -OCH3 is 1. The summed E-state index contributed by atoms with van der Waals surface area (Å²) in [6, 6.07) is 16.8. The Labute approximate surface area is 214 Å². The smallest absolute Gasteiger partial charge is 0.251 e. The number of unbranched alkanes of at least 4 members (excludes halogenated alkanes) is 1. The van der Waals surface area contributed by atoms with E-state index >= 15 is 0 Å². The molecule has 3 aromatic rings. The van der Waals surface area contributed by atoms with Gasteiger partial charge >= 0.3 is 0 Å². The lowest BCUT2D eigenvalue weighted by molar-refractivity contribution is 0.0999. The van der Waals surface area contributed by atoms with Crippen molar-refractivity contribution in [2.75, 3.05) is 38.2 Å². The Kier molecular flexibility index (Phi) is 7.68. The highest BCUT2D eigenvalue weighted by molar-refractivity contribution is 6.08. The molecule has 0 radical (unpaired) electrons. The topological polar surface area (TPSA) is 67.6 Å². The zero-order chi connectivity index (χ0) is 23.7. The fourth-order valence-corrected chi connectivity index (χ4v) is 5.67. The first kappa shape index (κ1) is 25.1. The Bertz CT molecular complexity index is 1230. The van der Waals surface area contributed by atoms with Gasteiger partial charge in [-0.25, -0.2) is 0 Å². The van der Waals surface area contributed by atoms with Crippen LogP contribution >= 0.6 is 12.4 Å². The number of carbonyl (C=O) groups excluding carboxylic acids is 1. The van der Waals surface area contributed by atoms with Gasteiger partial charge in [0.2, 0.25) is 0 Å². The molecule has 1 aliphatic heterocycles. The van der Waals surface area contributed by atoms with Crippen LogP contribution in [0.15, 0.2) is 48.5 Å². The van der Waals surface area contributed by atoms with E-state index in [-0.39, 0.29) is 18.3 Å². The minimum Gasteiger partial charge on any atom is -0.496 e. The van der Waals surface area contributed by atoms with Crippen molar-refractivity contribution < 1.29 is 9.53 Å². The maximum Gasteiger partial charge on any atom is 0.251 e. The molecule has 1 aliphatic carbocycles. The van der Waals surface area contributed by atoms with Gasteiger partial charge in [0.15, 0.2) is 0 Å². The highest BCUT2D eigenvalue weighted by Gasteiger charge is 2.34. The van der Waals surface area contributed by atoms with Crippen molar-refractivity contribution in [2.24, 2.45) is 5.73 Å². The molecular formula is C29H34ClN3O2. The SMILES string of the molecule is CCCCc1c(C(N)=O)c(N2CCNCC2)c2c(c1-c1ccccc1OC)-c1ccccc1C2.Cl. The first-order valence-electron chi connectivity index (χ1n) is 12.3. The molecule has 1 saturated heterocycles. The van der Waals surface area contributed by atoms with E-state index < -0.39 is 0 Å². The van der Waals surface area contributed by atoms with Gasteiger partial charge in [-0.2, -0.15) is 0 Å². The highest BCUT2D eigenvalue weighted by atomic mass is 35.5. The first-order chi connectivity index (χ1) is 16.7. The summed E-state index contributed by atoms with van der Waals surface area (Å²) < 4.78 is 5.82. The monoisotopic (exact) mass is 491 g/mol. The summed E-state index contributed by atoms with van der Waals surface area (Å²) >= 11 is 0. The molecule has 6 heteroatoms. The molecule has 1 heterocycles. The summed E-state index contributed by atoms with van der Waals surface area (Å²) in [5, 5.41) is 3.44. The van der Waals surface area contributed by atoms with Gasteiger partial charge in [0.1, 0.15) is 5.75 Å². The zero-order valence-electron chi connectivity index (χ0n) is 20.5. The van der Waals surface area contributed by atoms with Crippen LogP contribution in [0, 0.1) is 0 Å². The summed E-state index contributed by atoms with van der Waals surface area (Å²) in [6.45, 7) is 5.72. The fourth-order valence-electron chi connectivity index (χ4n) is 5.67. The number of nitrogens with one attached hydrogen (secondary N) is 1. The second-order valence-corrected chi connectivity index (χ2v) is 9.17. The number of hydrogen-bond donors (Lipinski definition) is 2. The van der Waals surface area contributed by atoms with Crippen molar-refractivity contribution >= 4 is 24.0 Å². The van der Waals surface area contributed by atoms with E-state index in [1.807, 2.05) is 18.2 Å². The number of ether oxygens (including phenoxy) is 1. The number of hydrogen-bond acceptors (Lipinski definition) is 4. The van der Waals surface area contributed by atoms with Crippen molar-refractivity contribution in [2.45, 2.75) is 32.6 Å². The number of rotatable bonds is 7. The standard InChI is InChI=1S/C29H33N3O2.ClH/c1-3-4-10-22-26(21-12-7-8-13-24(21)34-2)25-20-11-6-5-9-19(20)18-23(25)28(27(22)29(30)33)32-16-14-31-15-17-32;/h5-9,11-13,31H,3-4,10,14-18H2,1-2H3,(H2,30,33);1H. The molecule has 2 aliphatic rings. The number of benzene rings is 3. The minimum absolute atomic E-state index is 0. The molecule has 5 nitrogen and oxygen atoms in total. The number of nitrogens with zero attached hydrogens (tertiary/aromatic N) is 1. The number of primary amides is 1. The molecule has 0 atom stereocenters. The molecule has 1 amide bonds. The van der Waals surface area contributed by atoms with Crippen LogP contribution < -0.4 is 20.7 Å². The number of amides is 1. The lowest BCUT2D eigenvalue weighted by atomic mass is 9.82. The van der Waals surface area contributed by atoms with E-state index in [1.165, 1.54) is 22.3 Å². The average Bonchev–Trinajstić information content (AvgIpc) is 3.26. The summed E-state index contributed by atoms with van der Waals surface area (Å²) in [4.78, 5) is 15.6. The van der Waals surface area contributed by atoms with Crippen LogP contribution in [0.2, 0.25) is 0 Å². The second kappa shape index (κ2) is 10.7. The molecule has 0 aromatic heterocycles. The maximum atomic E-state index is 13.2. The van der Waals surface area contributed by atoms with Gasteiger partial charge in [0, 0.05) is 38.2 Å². The van der Waals surface area contributed by atoms with Crippen molar-refractivity contribution in [3.05, 3.63) is 70.8 Å². The molecule has 1 fully saturated rings. The Balaban J connectivity index is 0.00000289. The quantitative estimate of drug-likeness (QED) is 0.372. The number of anilines is 1. The number of para-hydroxylation sites is 1. The van der Waals surface area contributed by atoms with Gasteiger partial charge in [0.25, 0.3) is 5.91 Å². The highest BCUT2D eigenvalue weighted by Crippen LogP contribution is 2.52. The number of halogens is 1. The Hall–Kier alpha value is -3.02. The van der Waals surface area contributed by atoms with Gasteiger partial charge in [-0.05, 0) is 52.3 Å². The van der Waals surface area contributed by atoms with Crippen LogP contribution in [0.4, 0.5) is 5.69 Å². The molecular weight excluding hydrogens is 458 g/mol. The van der Waals surface area contributed by atoms with Crippen molar-refractivity contribution in [1.29, 1.82) is 0 Å².